The van der Waals surface area contributed by atoms with E-state index >= 15 is 0 Å². The summed E-state index contributed by atoms with van der Waals surface area (Å²) in [6, 6.07) is 8.26. The van der Waals surface area contributed by atoms with Crippen LogP contribution in [-0.2, 0) is 17.6 Å². The number of anilines is 1. The molecule has 0 bridgehead atoms. The van der Waals surface area contributed by atoms with E-state index in [9.17, 15) is 4.79 Å². The standard InChI is InChI=1S/C21H26N4O/c1-5-16-20(12(2)11-18(22)24-16)15-8-6-7-14-13(3)17(25-21(14)15)9-10-19(26)23-4/h6-8,11,25H,5,9-10H2,1-4H3,(H2,22,24)(H,23,26). The number of aryl methyl sites for hydroxylation is 4. The highest BCUT2D eigenvalue weighted by Crippen LogP contribution is 2.35. The van der Waals surface area contributed by atoms with Crippen molar-refractivity contribution in [3.63, 3.8) is 0 Å². The summed E-state index contributed by atoms with van der Waals surface area (Å²) in [5.74, 6) is 0.610. The zero-order chi connectivity index (χ0) is 18.8. The van der Waals surface area contributed by atoms with Gasteiger partial charge < -0.3 is 16.0 Å². The second kappa shape index (κ2) is 7.20. The number of benzene rings is 1. The lowest BCUT2D eigenvalue weighted by Gasteiger charge is -2.13. The van der Waals surface area contributed by atoms with Gasteiger partial charge in [0, 0.05) is 35.7 Å². The smallest absolute Gasteiger partial charge is 0.220 e. The Kier molecular flexibility index (Phi) is 4.98. The maximum atomic E-state index is 11.6. The van der Waals surface area contributed by atoms with E-state index in [0.717, 1.165) is 40.0 Å². The summed E-state index contributed by atoms with van der Waals surface area (Å²) in [5.41, 5.74) is 13.8. The lowest BCUT2D eigenvalue weighted by atomic mass is 9.95. The van der Waals surface area contributed by atoms with Gasteiger partial charge in [-0.2, -0.15) is 0 Å². The third kappa shape index (κ3) is 3.17. The summed E-state index contributed by atoms with van der Waals surface area (Å²) in [5, 5.41) is 3.87. The van der Waals surface area contributed by atoms with Gasteiger partial charge in [-0.05, 0) is 43.9 Å². The summed E-state index contributed by atoms with van der Waals surface area (Å²) in [7, 11) is 1.67. The molecule has 5 nitrogen and oxygen atoms in total. The molecule has 0 aliphatic carbocycles. The maximum Gasteiger partial charge on any atom is 0.220 e. The first-order valence-electron chi connectivity index (χ1n) is 9.03. The van der Waals surface area contributed by atoms with Crippen molar-refractivity contribution in [2.45, 2.75) is 40.0 Å². The molecule has 0 radical (unpaired) electrons. The third-order valence-electron chi connectivity index (χ3n) is 4.99. The number of H-pyrrole nitrogens is 1. The van der Waals surface area contributed by atoms with Gasteiger partial charge >= 0.3 is 0 Å². The van der Waals surface area contributed by atoms with Crippen LogP contribution in [0.25, 0.3) is 22.0 Å². The lowest BCUT2D eigenvalue weighted by molar-refractivity contribution is -0.120. The van der Waals surface area contributed by atoms with Gasteiger partial charge in [0.05, 0.1) is 11.2 Å². The van der Waals surface area contributed by atoms with E-state index in [1.165, 1.54) is 10.9 Å². The second-order valence-corrected chi connectivity index (χ2v) is 6.67. The van der Waals surface area contributed by atoms with Gasteiger partial charge in [0.1, 0.15) is 5.82 Å². The van der Waals surface area contributed by atoms with E-state index in [-0.39, 0.29) is 5.91 Å². The van der Waals surface area contributed by atoms with Crippen LogP contribution in [-0.4, -0.2) is 22.9 Å². The van der Waals surface area contributed by atoms with Gasteiger partial charge in [-0.15, -0.1) is 0 Å². The molecule has 0 atom stereocenters. The van der Waals surface area contributed by atoms with E-state index in [2.05, 4.69) is 54.3 Å². The summed E-state index contributed by atoms with van der Waals surface area (Å²) in [6.07, 6.45) is 1.99. The number of pyridine rings is 1. The number of nitrogen functional groups attached to an aromatic ring is 1. The van der Waals surface area contributed by atoms with Gasteiger partial charge in [-0.1, -0.05) is 25.1 Å². The van der Waals surface area contributed by atoms with E-state index in [0.29, 0.717) is 18.7 Å². The number of carbonyl (C=O) groups excluding carboxylic acids is 1. The molecule has 0 fully saturated rings. The minimum Gasteiger partial charge on any atom is -0.384 e. The van der Waals surface area contributed by atoms with E-state index in [1.54, 1.807) is 7.05 Å². The number of amides is 1. The molecule has 3 aromatic rings. The summed E-state index contributed by atoms with van der Waals surface area (Å²) >= 11 is 0. The van der Waals surface area contributed by atoms with Gasteiger partial charge in [0.2, 0.25) is 5.91 Å². The number of nitrogens with one attached hydrogen (secondary N) is 2. The van der Waals surface area contributed by atoms with Crippen molar-refractivity contribution in [3.05, 3.63) is 46.8 Å². The highest BCUT2D eigenvalue weighted by molar-refractivity contribution is 5.98. The predicted molar refractivity (Wildman–Crippen MR) is 107 cm³/mol. The topological polar surface area (TPSA) is 83.8 Å². The molecule has 0 aliphatic heterocycles. The van der Waals surface area contributed by atoms with E-state index in [4.69, 9.17) is 5.73 Å². The maximum absolute atomic E-state index is 11.6. The zero-order valence-corrected chi connectivity index (χ0v) is 15.9. The Bertz CT molecular complexity index is 972. The fraction of sp³-hybridized carbons (Fsp3) is 0.333. The van der Waals surface area contributed by atoms with Gasteiger partial charge in [-0.25, -0.2) is 4.98 Å². The van der Waals surface area contributed by atoms with Crippen molar-refractivity contribution < 1.29 is 4.79 Å². The Balaban J connectivity index is 2.16. The minimum atomic E-state index is 0.0510. The van der Waals surface area contributed by atoms with Crippen molar-refractivity contribution in [2.24, 2.45) is 0 Å². The third-order valence-corrected chi connectivity index (χ3v) is 4.99. The quantitative estimate of drug-likeness (QED) is 0.656. The molecule has 3 rings (SSSR count). The van der Waals surface area contributed by atoms with E-state index < -0.39 is 0 Å². The second-order valence-electron chi connectivity index (χ2n) is 6.67. The number of nitrogens with two attached hydrogens (primary N) is 1. The number of para-hydroxylation sites is 1. The average molecular weight is 350 g/mol. The Morgan fingerprint density at radius 2 is 2.08 bits per heavy atom. The van der Waals surface area contributed by atoms with Crippen LogP contribution in [0.15, 0.2) is 24.3 Å². The fourth-order valence-corrected chi connectivity index (χ4v) is 3.62. The van der Waals surface area contributed by atoms with Gasteiger partial charge in [0.25, 0.3) is 0 Å². The number of carbonyl (C=O) groups is 1. The first kappa shape index (κ1) is 18.0. The number of nitrogens with zero attached hydrogens (tertiary/aromatic N) is 1. The molecular formula is C21H26N4O. The first-order valence-corrected chi connectivity index (χ1v) is 9.03. The summed E-state index contributed by atoms with van der Waals surface area (Å²) in [6.45, 7) is 6.28. The van der Waals surface area contributed by atoms with Crippen LogP contribution in [0.4, 0.5) is 5.82 Å². The normalized spacial score (nSPS) is 11.1. The molecule has 2 heterocycles. The Labute approximate surface area is 154 Å². The largest absolute Gasteiger partial charge is 0.384 e. The van der Waals surface area contributed by atoms with E-state index in [1.807, 2.05) is 6.07 Å². The Hall–Kier alpha value is -2.82. The van der Waals surface area contributed by atoms with Crippen LogP contribution in [0.3, 0.4) is 0 Å². The molecule has 4 N–H and O–H groups in total. The molecule has 1 amide bonds. The molecule has 0 spiro atoms. The number of aromatic nitrogens is 2. The zero-order valence-electron chi connectivity index (χ0n) is 15.9. The van der Waals surface area contributed by atoms with Gasteiger partial charge in [-0.3, -0.25) is 4.79 Å². The Morgan fingerprint density at radius 3 is 2.77 bits per heavy atom. The monoisotopic (exact) mass is 350 g/mol. The number of hydrogen-bond acceptors (Lipinski definition) is 3. The van der Waals surface area contributed by atoms with Crippen molar-refractivity contribution in [1.82, 2.24) is 15.3 Å². The summed E-state index contributed by atoms with van der Waals surface area (Å²) < 4.78 is 0. The molecule has 26 heavy (non-hydrogen) atoms. The van der Waals surface area contributed by atoms with Crippen molar-refractivity contribution in [1.29, 1.82) is 0 Å². The lowest BCUT2D eigenvalue weighted by Crippen LogP contribution is -2.18. The summed E-state index contributed by atoms with van der Waals surface area (Å²) in [4.78, 5) is 19.7. The van der Waals surface area contributed by atoms with Crippen molar-refractivity contribution in [3.8, 4) is 11.1 Å². The molecule has 1 aromatic carbocycles. The molecule has 0 unspecified atom stereocenters. The van der Waals surface area contributed by atoms with Crippen LogP contribution < -0.4 is 11.1 Å². The average Bonchev–Trinajstić information content (AvgIpc) is 2.95. The highest BCUT2D eigenvalue weighted by atomic mass is 16.1. The molecule has 5 heteroatoms. The van der Waals surface area contributed by atoms with Crippen molar-refractivity contribution in [2.75, 3.05) is 12.8 Å². The number of rotatable bonds is 5. The van der Waals surface area contributed by atoms with Crippen LogP contribution >= 0.6 is 0 Å². The van der Waals surface area contributed by atoms with Crippen LogP contribution in [0.1, 0.15) is 35.9 Å². The fourth-order valence-electron chi connectivity index (χ4n) is 3.62. The molecule has 136 valence electrons. The number of fused-ring (bicyclic) bond motifs is 1. The Morgan fingerprint density at radius 1 is 1.31 bits per heavy atom. The highest BCUT2D eigenvalue weighted by Gasteiger charge is 2.17. The number of hydrogen-bond donors (Lipinski definition) is 3. The van der Waals surface area contributed by atoms with Crippen LogP contribution in [0, 0.1) is 13.8 Å². The molecular weight excluding hydrogens is 324 g/mol. The molecule has 2 aromatic heterocycles. The minimum absolute atomic E-state index is 0.0510. The molecule has 0 aliphatic rings. The number of aromatic amines is 1. The molecule has 0 saturated heterocycles. The first-order chi connectivity index (χ1) is 12.5. The van der Waals surface area contributed by atoms with Crippen molar-refractivity contribution >= 4 is 22.6 Å². The molecule has 0 saturated carbocycles. The predicted octanol–water partition coefficient (Wildman–Crippen LogP) is 3.67. The van der Waals surface area contributed by atoms with Crippen LogP contribution in [0.2, 0.25) is 0 Å². The van der Waals surface area contributed by atoms with Crippen LogP contribution in [0.5, 0.6) is 0 Å². The SMILES string of the molecule is CCc1nc(N)cc(C)c1-c1cccc2c(C)c(CCC(=O)NC)[nH]c12. The van der Waals surface area contributed by atoms with Gasteiger partial charge in [0.15, 0.2) is 0 Å².